The van der Waals surface area contributed by atoms with Crippen LogP contribution in [0.4, 0.5) is 0 Å². The van der Waals surface area contributed by atoms with Gasteiger partial charge < -0.3 is 18.7 Å². The molecule has 4 heterocycles. The maximum Gasteiger partial charge on any atom is 0.0541 e. The number of nitrogens with one attached hydrogen (secondary N) is 1. The summed E-state index contributed by atoms with van der Waals surface area (Å²) in [6.45, 7) is 0. The Morgan fingerprint density at radius 3 is 1.06 bits per heavy atom. The molecule has 64 heavy (non-hydrogen) atoms. The first-order valence-electron chi connectivity index (χ1n) is 22.0. The highest BCUT2D eigenvalue weighted by atomic mass is 15.0. The van der Waals surface area contributed by atoms with Gasteiger partial charge in [-0.2, -0.15) is 0 Å². The summed E-state index contributed by atoms with van der Waals surface area (Å²) in [7, 11) is 0. The number of nitrogens with zero attached hydrogens (tertiary/aromatic N) is 3. The van der Waals surface area contributed by atoms with E-state index in [2.05, 4.69) is 243 Å². The average Bonchev–Trinajstić information content (AvgIpc) is 4.10. The zero-order valence-electron chi connectivity index (χ0n) is 34.7. The summed E-state index contributed by atoms with van der Waals surface area (Å²) in [4.78, 5) is 3.60. The van der Waals surface area contributed by atoms with Crippen molar-refractivity contribution in [1.82, 2.24) is 18.7 Å². The molecule has 4 aromatic heterocycles. The Balaban J connectivity index is 0.939. The van der Waals surface area contributed by atoms with E-state index in [0.29, 0.717) is 0 Å². The second-order valence-corrected chi connectivity index (χ2v) is 17.0. The van der Waals surface area contributed by atoms with Crippen molar-refractivity contribution in [2.45, 2.75) is 0 Å². The van der Waals surface area contributed by atoms with E-state index < -0.39 is 0 Å². The van der Waals surface area contributed by atoms with Crippen LogP contribution in [0.2, 0.25) is 0 Å². The summed E-state index contributed by atoms with van der Waals surface area (Å²) in [5.41, 5.74) is 17.8. The number of hydrogen-bond acceptors (Lipinski definition) is 0. The molecule has 0 saturated heterocycles. The minimum absolute atomic E-state index is 1.15. The number of rotatable bonds is 5. The fraction of sp³-hybridized carbons (Fsp3) is 0. The number of aromatic nitrogens is 4. The Bertz CT molecular complexity index is 4180. The van der Waals surface area contributed by atoms with E-state index >= 15 is 0 Å². The SMILES string of the molecule is c1ccc(-n2c3ccccc3c3cc(-c4ccc5c(c4)c4cc(-c6ccc7c(c6)c6ccccc6n7-c6ccc7[nH]c8ccccc8c7c6)ccc4n5-c4ccccc4)ccc32)cc1. The Labute approximate surface area is 368 Å². The Morgan fingerprint density at radius 1 is 0.219 bits per heavy atom. The smallest absolute Gasteiger partial charge is 0.0541 e. The lowest BCUT2D eigenvalue weighted by Crippen LogP contribution is -1.93. The van der Waals surface area contributed by atoms with Gasteiger partial charge in [0.15, 0.2) is 0 Å². The van der Waals surface area contributed by atoms with Crippen molar-refractivity contribution in [3.05, 3.63) is 224 Å². The fourth-order valence-corrected chi connectivity index (χ4v) is 10.7. The van der Waals surface area contributed by atoms with Gasteiger partial charge in [0.25, 0.3) is 0 Å². The first-order chi connectivity index (χ1) is 31.7. The third-order valence-electron chi connectivity index (χ3n) is 13.6. The lowest BCUT2D eigenvalue weighted by Gasteiger charge is -2.10. The van der Waals surface area contributed by atoms with E-state index in [1.54, 1.807) is 0 Å². The lowest BCUT2D eigenvalue weighted by molar-refractivity contribution is 1.18. The van der Waals surface area contributed by atoms with Crippen LogP contribution in [0, 0.1) is 0 Å². The maximum absolute atomic E-state index is 3.60. The topological polar surface area (TPSA) is 30.6 Å². The summed E-state index contributed by atoms with van der Waals surface area (Å²) in [6.07, 6.45) is 0. The number of hydrogen-bond donors (Lipinski definition) is 1. The van der Waals surface area contributed by atoms with Crippen LogP contribution in [0.3, 0.4) is 0 Å². The molecule has 0 amide bonds. The van der Waals surface area contributed by atoms with E-state index in [4.69, 9.17) is 0 Å². The number of fused-ring (bicyclic) bond motifs is 12. The van der Waals surface area contributed by atoms with Crippen molar-refractivity contribution in [2.75, 3.05) is 0 Å². The Hall–Kier alpha value is -8.60. The number of benzene rings is 10. The minimum atomic E-state index is 1.15. The summed E-state index contributed by atoms with van der Waals surface area (Å²) in [5, 5.41) is 9.93. The predicted octanol–water partition coefficient (Wildman–Crippen LogP) is 15.9. The minimum Gasteiger partial charge on any atom is -0.355 e. The second kappa shape index (κ2) is 13.4. The highest BCUT2D eigenvalue weighted by Crippen LogP contribution is 2.41. The molecule has 4 nitrogen and oxygen atoms in total. The highest BCUT2D eigenvalue weighted by Gasteiger charge is 2.19. The Morgan fingerprint density at radius 2 is 0.578 bits per heavy atom. The normalized spacial score (nSPS) is 12.1. The van der Waals surface area contributed by atoms with Gasteiger partial charge in [-0.15, -0.1) is 0 Å². The van der Waals surface area contributed by atoms with Crippen molar-refractivity contribution in [2.24, 2.45) is 0 Å². The predicted molar refractivity (Wildman–Crippen MR) is 270 cm³/mol. The third-order valence-corrected chi connectivity index (χ3v) is 13.6. The summed E-state index contributed by atoms with van der Waals surface area (Å²) < 4.78 is 7.21. The van der Waals surface area contributed by atoms with Crippen LogP contribution in [-0.4, -0.2) is 18.7 Å². The molecule has 10 aromatic carbocycles. The molecule has 0 radical (unpaired) electrons. The van der Waals surface area contributed by atoms with E-state index in [1.165, 1.54) is 104 Å². The molecule has 0 unspecified atom stereocenters. The molecule has 0 fully saturated rings. The van der Waals surface area contributed by atoms with Crippen LogP contribution < -0.4 is 0 Å². The number of aromatic amines is 1. The third kappa shape index (κ3) is 5.11. The number of para-hydroxylation sites is 5. The zero-order valence-corrected chi connectivity index (χ0v) is 34.7. The molecule has 4 heteroatoms. The van der Waals surface area contributed by atoms with Crippen molar-refractivity contribution in [3.8, 4) is 39.3 Å². The molecule has 1 N–H and O–H groups in total. The van der Waals surface area contributed by atoms with Crippen molar-refractivity contribution < 1.29 is 0 Å². The van der Waals surface area contributed by atoms with Crippen molar-refractivity contribution in [1.29, 1.82) is 0 Å². The van der Waals surface area contributed by atoms with Gasteiger partial charge in [-0.05, 0) is 131 Å². The largest absolute Gasteiger partial charge is 0.355 e. The summed E-state index contributed by atoms with van der Waals surface area (Å²) in [5.74, 6) is 0. The van der Waals surface area contributed by atoms with Crippen LogP contribution in [0.15, 0.2) is 224 Å². The van der Waals surface area contributed by atoms with Gasteiger partial charge >= 0.3 is 0 Å². The van der Waals surface area contributed by atoms with Gasteiger partial charge in [0.05, 0.1) is 33.1 Å². The van der Waals surface area contributed by atoms with Gasteiger partial charge in [-0.3, -0.25) is 0 Å². The van der Waals surface area contributed by atoms with Gasteiger partial charge in [-0.1, -0.05) is 115 Å². The fourth-order valence-electron chi connectivity index (χ4n) is 10.7. The quantitative estimate of drug-likeness (QED) is 0.179. The molecular formula is C60H38N4. The van der Waals surface area contributed by atoms with E-state index in [0.717, 1.165) is 22.4 Å². The first kappa shape index (κ1) is 35.0. The molecule has 0 bridgehead atoms. The molecule has 0 aliphatic carbocycles. The van der Waals surface area contributed by atoms with E-state index in [1.807, 2.05) is 0 Å². The molecule has 0 spiro atoms. The van der Waals surface area contributed by atoms with Crippen molar-refractivity contribution >= 4 is 87.2 Å². The van der Waals surface area contributed by atoms with Crippen LogP contribution >= 0.6 is 0 Å². The molecule has 14 rings (SSSR count). The molecule has 0 saturated carbocycles. The van der Waals surface area contributed by atoms with Gasteiger partial charge in [0.2, 0.25) is 0 Å². The summed E-state index contributed by atoms with van der Waals surface area (Å²) in [6, 6.07) is 82.3. The van der Waals surface area contributed by atoms with Crippen LogP contribution in [0.5, 0.6) is 0 Å². The Kier molecular flexibility index (Phi) is 7.36. The second-order valence-electron chi connectivity index (χ2n) is 17.0. The van der Waals surface area contributed by atoms with Crippen LogP contribution in [-0.2, 0) is 0 Å². The van der Waals surface area contributed by atoms with E-state index in [-0.39, 0.29) is 0 Å². The zero-order chi connectivity index (χ0) is 41.9. The van der Waals surface area contributed by atoms with Crippen molar-refractivity contribution in [3.63, 3.8) is 0 Å². The maximum atomic E-state index is 3.60. The molecule has 0 aliphatic heterocycles. The standard InChI is InChI=1S/C60H38N4/c1-3-13-42(14-4-1)62-55-21-11-8-18-46(55)49-33-38(23-29-57(49)62)40-25-31-59-51(35-40)52-36-41(26-32-60(52)63(59)43-15-5-2-6-16-43)39-24-30-58-50(34-39)47-19-9-12-22-56(47)64(58)44-27-28-54-48(37-44)45-17-7-10-20-53(45)61-54/h1-37,61H. The molecule has 0 atom stereocenters. The van der Waals surface area contributed by atoms with Gasteiger partial charge in [-0.25, -0.2) is 0 Å². The summed E-state index contributed by atoms with van der Waals surface area (Å²) >= 11 is 0. The molecule has 0 aliphatic rings. The molecular weight excluding hydrogens is 777 g/mol. The van der Waals surface area contributed by atoms with E-state index in [9.17, 15) is 0 Å². The van der Waals surface area contributed by atoms with Crippen LogP contribution in [0.25, 0.3) is 127 Å². The monoisotopic (exact) mass is 814 g/mol. The molecule has 298 valence electrons. The number of H-pyrrole nitrogens is 1. The van der Waals surface area contributed by atoms with Gasteiger partial charge in [0.1, 0.15) is 0 Å². The lowest BCUT2D eigenvalue weighted by atomic mass is 9.98. The molecule has 14 aromatic rings. The average molecular weight is 815 g/mol. The van der Waals surface area contributed by atoms with Crippen LogP contribution in [0.1, 0.15) is 0 Å². The highest BCUT2D eigenvalue weighted by molar-refractivity contribution is 6.15. The first-order valence-corrected chi connectivity index (χ1v) is 22.0. The van der Waals surface area contributed by atoms with Gasteiger partial charge in [0, 0.05) is 71.2 Å².